The number of hydrogen-bond donors (Lipinski definition) is 1. The second-order valence-electron chi connectivity index (χ2n) is 12.2. The van der Waals surface area contributed by atoms with Gasteiger partial charge in [-0.15, -0.1) is 0 Å². The maximum absolute atomic E-state index is 6.53. The molecule has 0 saturated heterocycles. The molecule has 0 amide bonds. The Morgan fingerprint density at radius 3 is 2.00 bits per heavy atom. The van der Waals surface area contributed by atoms with E-state index in [-0.39, 0.29) is 6.17 Å². The van der Waals surface area contributed by atoms with Gasteiger partial charge in [-0.3, -0.25) is 0 Å². The third-order valence-electron chi connectivity index (χ3n) is 9.34. The smallest absolute Gasteiger partial charge is 0.160 e. The predicted molar refractivity (Wildman–Crippen MR) is 196 cm³/mol. The van der Waals surface area contributed by atoms with Crippen molar-refractivity contribution in [2.45, 2.75) is 6.17 Å². The Hall–Kier alpha value is -6.46. The van der Waals surface area contributed by atoms with E-state index >= 15 is 0 Å². The van der Waals surface area contributed by atoms with Crippen LogP contribution in [0.3, 0.4) is 0 Å². The summed E-state index contributed by atoms with van der Waals surface area (Å²) in [4.78, 5) is 10.4. The van der Waals surface area contributed by atoms with Crippen LogP contribution in [0.1, 0.15) is 22.9 Å². The van der Waals surface area contributed by atoms with Crippen molar-refractivity contribution in [3.8, 4) is 11.1 Å². The number of aliphatic imine (C=N–C) groups is 2. The van der Waals surface area contributed by atoms with Gasteiger partial charge in [0.1, 0.15) is 34.3 Å². The molecular weight excluding hydrogens is 590 g/mol. The number of benzene rings is 7. The minimum Gasteiger partial charge on any atom is -0.456 e. The minimum atomic E-state index is -0.338. The summed E-state index contributed by atoms with van der Waals surface area (Å²) in [5, 5.41) is 10.2. The van der Waals surface area contributed by atoms with Gasteiger partial charge in [0.05, 0.1) is 0 Å². The summed E-state index contributed by atoms with van der Waals surface area (Å²) in [5.41, 5.74) is 8.51. The van der Waals surface area contributed by atoms with Gasteiger partial charge in [-0.05, 0) is 63.9 Å². The summed E-state index contributed by atoms with van der Waals surface area (Å²) in [6.45, 7) is 0. The van der Waals surface area contributed by atoms with Crippen molar-refractivity contribution in [2.75, 3.05) is 0 Å². The zero-order chi connectivity index (χ0) is 31.6. The first-order valence-corrected chi connectivity index (χ1v) is 16.1. The summed E-state index contributed by atoms with van der Waals surface area (Å²) in [7, 11) is 0. The van der Waals surface area contributed by atoms with E-state index < -0.39 is 0 Å². The van der Waals surface area contributed by atoms with E-state index in [9.17, 15) is 0 Å². The fourth-order valence-corrected chi connectivity index (χ4v) is 7.04. The van der Waals surface area contributed by atoms with Crippen LogP contribution in [0.4, 0.5) is 0 Å². The van der Waals surface area contributed by atoms with E-state index in [2.05, 4.69) is 96.3 Å². The van der Waals surface area contributed by atoms with Crippen molar-refractivity contribution in [1.29, 1.82) is 0 Å². The summed E-state index contributed by atoms with van der Waals surface area (Å²) >= 11 is 0. The van der Waals surface area contributed by atoms with Crippen LogP contribution in [0.15, 0.2) is 170 Å². The standard InChI is InChI=1S/C43H27N3O2/c1-2-11-27(12-3-1)41-44-42(33-15-8-18-36-39(33)31-14-6-7-17-35(31)47-36)46-43(45-41)34-16-9-19-37-40(34)32-23-22-30(25-38(32)48-37)29-21-20-26-10-4-5-13-28(26)24-29/h1-25,41H,(H,44,45,46). The number of rotatable bonds is 4. The summed E-state index contributed by atoms with van der Waals surface area (Å²) in [5.74, 6) is 1.39. The molecule has 3 heterocycles. The van der Waals surface area contributed by atoms with Gasteiger partial charge in [-0.2, -0.15) is 0 Å². The molecule has 0 radical (unpaired) electrons. The molecule has 226 valence electrons. The third-order valence-corrected chi connectivity index (χ3v) is 9.34. The van der Waals surface area contributed by atoms with Gasteiger partial charge >= 0.3 is 0 Å². The summed E-state index contributed by atoms with van der Waals surface area (Å²) in [6.07, 6.45) is -0.338. The molecule has 0 saturated carbocycles. The Kier molecular flexibility index (Phi) is 5.87. The highest BCUT2D eigenvalue weighted by atomic mass is 16.3. The molecule has 0 bridgehead atoms. The molecule has 1 unspecified atom stereocenters. The van der Waals surface area contributed by atoms with Crippen molar-refractivity contribution in [3.05, 3.63) is 168 Å². The molecule has 0 spiro atoms. The van der Waals surface area contributed by atoms with E-state index in [0.29, 0.717) is 5.84 Å². The van der Waals surface area contributed by atoms with Gasteiger partial charge in [0.2, 0.25) is 0 Å². The molecule has 2 aromatic heterocycles. The maximum Gasteiger partial charge on any atom is 0.160 e. The lowest BCUT2D eigenvalue weighted by Gasteiger charge is -2.24. The van der Waals surface area contributed by atoms with Gasteiger partial charge in [-0.25, -0.2) is 9.98 Å². The van der Waals surface area contributed by atoms with Crippen LogP contribution in [0.25, 0.3) is 65.8 Å². The summed E-state index contributed by atoms with van der Waals surface area (Å²) in [6, 6.07) is 52.2. The van der Waals surface area contributed by atoms with E-state index in [0.717, 1.165) is 77.5 Å². The molecule has 7 aromatic carbocycles. The SMILES string of the molecule is c1ccc(C2N=C(c3cccc4oc5ccccc5c34)N=C(c3cccc4oc5cc(-c6ccc7ccccc7c6)ccc5c34)N2)cc1. The van der Waals surface area contributed by atoms with Crippen LogP contribution in [-0.4, -0.2) is 11.7 Å². The van der Waals surface area contributed by atoms with Crippen molar-refractivity contribution < 1.29 is 8.83 Å². The fraction of sp³-hybridized carbons (Fsp3) is 0.0233. The molecule has 5 nitrogen and oxygen atoms in total. The second-order valence-corrected chi connectivity index (χ2v) is 12.2. The van der Waals surface area contributed by atoms with Gasteiger partial charge in [0.15, 0.2) is 5.84 Å². The quantitative estimate of drug-likeness (QED) is 0.214. The lowest BCUT2D eigenvalue weighted by Crippen LogP contribution is -2.33. The van der Waals surface area contributed by atoms with Gasteiger partial charge < -0.3 is 14.2 Å². The third kappa shape index (κ3) is 4.25. The van der Waals surface area contributed by atoms with Crippen molar-refractivity contribution in [3.63, 3.8) is 0 Å². The van der Waals surface area contributed by atoms with Gasteiger partial charge in [0.25, 0.3) is 0 Å². The van der Waals surface area contributed by atoms with E-state index in [1.165, 1.54) is 10.8 Å². The topological polar surface area (TPSA) is 63.0 Å². The van der Waals surface area contributed by atoms with E-state index in [4.69, 9.17) is 18.8 Å². The first kappa shape index (κ1) is 26.7. The van der Waals surface area contributed by atoms with Crippen molar-refractivity contribution in [1.82, 2.24) is 5.32 Å². The number of para-hydroxylation sites is 1. The average molecular weight is 618 g/mol. The van der Waals surface area contributed by atoms with E-state index in [1.54, 1.807) is 0 Å². The molecule has 1 N–H and O–H groups in total. The Morgan fingerprint density at radius 2 is 1.12 bits per heavy atom. The first-order valence-electron chi connectivity index (χ1n) is 16.1. The molecule has 0 fully saturated rings. The number of fused-ring (bicyclic) bond motifs is 7. The number of nitrogens with one attached hydrogen (secondary N) is 1. The first-order chi connectivity index (χ1) is 23.8. The lowest BCUT2D eigenvalue weighted by atomic mass is 9.99. The summed E-state index contributed by atoms with van der Waals surface area (Å²) < 4.78 is 12.8. The number of furan rings is 2. The molecule has 9 aromatic rings. The minimum absolute atomic E-state index is 0.338. The molecule has 5 heteroatoms. The Labute approximate surface area is 275 Å². The van der Waals surface area contributed by atoms with Crippen LogP contribution < -0.4 is 5.32 Å². The lowest BCUT2D eigenvalue weighted by molar-refractivity contribution is 0.667. The predicted octanol–water partition coefficient (Wildman–Crippen LogP) is 10.8. The van der Waals surface area contributed by atoms with Crippen LogP contribution in [0, 0.1) is 0 Å². The Morgan fingerprint density at radius 1 is 0.479 bits per heavy atom. The number of amidine groups is 2. The zero-order valence-electron chi connectivity index (χ0n) is 25.7. The highest BCUT2D eigenvalue weighted by Gasteiger charge is 2.25. The van der Waals surface area contributed by atoms with E-state index in [1.807, 2.05) is 60.7 Å². The van der Waals surface area contributed by atoms with Gasteiger partial charge in [0, 0.05) is 32.7 Å². The monoisotopic (exact) mass is 617 g/mol. The van der Waals surface area contributed by atoms with Crippen molar-refractivity contribution >= 4 is 66.3 Å². The molecular formula is C43H27N3O2. The fourth-order valence-electron chi connectivity index (χ4n) is 7.04. The van der Waals surface area contributed by atoms with Crippen molar-refractivity contribution in [2.24, 2.45) is 9.98 Å². The molecule has 1 aliphatic heterocycles. The average Bonchev–Trinajstić information content (AvgIpc) is 3.73. The Balaban J connectivity index is 1.15. The number of hydrogen-bond acceptors (Lipinski definition) is 5. The molecule has 10 rings (SSSR count). The van der Waals surface area contributed by atoms with Crippen LogP contribution in [0.2, 0.25) is 0 Å². The number of nitrogens with zero attached hydrogens (tertiary/aromatic N) is 2. The second kappa shape index (κ2) is 10.5. The molecule has 1 atom stereocenters. The molecule has 1 aliphatic rings. The van der Waals surface area contributed by atoms with Crippen LogP contribution in [-0.2, 0) is 0 Å². The van der Waals surface area contributed by atoms with Crippen LogP contribution >= 0.6 is 0 Å². The maximum atomic E-state index is 6.53. The highest BCUT2D eigenvalue weighted by molar-refractivity contribution is 6.25. The Bertz CT molecular complexity index is 2770. The normalized spacial score (nSPS) is 14.9. The molecule has 0 aliphatic carbocycles. The van der Waals surface area contributed by atoms with Gasteiger partial charge in [-0.1, -0.05) is 115 Å². The largest absolute Gasteiger partial charge is 0.456 e. The highest BCUT2D eigenvalue weighted by Crippen LogP contribution is 2.37. The van der Waals surface area contributed by atoms with Crippen LogP contribution in [0.5, 0.6) is 0 Å². The molecule has 48 heavy (non-hydrogen) atoms. The zero-order valence-corrected chi connectivity index (χ0v) is 25.7.